The molecule has 2 aromatic rings. The molecule has 2 rings (SSSR count). The van der Waals surface area contributed by atoms with Gasteiger partial charge >= 0.3 is 0 Å². The fourth-order valence-electron chi connectivity index (χ4n) is 4.12. The van der Waals surface area contributed by atoms with Crippen molar-refractivity contribution in [3.8, 4) is 5.75 Å². The molecule has 182 valence electrons. The number of hydrogen-bond acceptors (Lipinski definition) is 4. The molecular formula is C26H43NO4S. The molecule has 0 fully saturated rings. The number of phenols is 1. The molecule has 32 heavy (non-hydrogen) atoms. The number of hydrogen-bond donors (Lipinski definition) is 1. The molecule has 6 heteroatoms. The summed E-state index contributed by atoms with van der Waals surface area (Å²) in [6.07, 6.45) is 11.1. The lowest BCUT2D eigenvalue weighted by Gasteiger charge is -2.39. The summed E-state index contributed by atoms with van der Waals surface area (Å²) in [6, 6.07) is 8.62. The first-order valence-corrected chi connectivity index (χ1v) is 13.7. The van der Waals surface area contributed by atoms with Gasteiger partial charge in [-0.2, -0.15) is 0 Å². The van der Waals surface area contributed by atoms with Gasteiger partial charge in [-0.1, -0.05) is 77.6 Å². The Morgan fingerprint density at radius 2 is 1.12 bits per heavy atom. The summed E-state index contributed by atoms with van der Waals surface area (Å²) in [6.45, 7) is 15.0. The van der Waals surface area contributed by atoms with Gasteiger partial charge in [0.2, 0.25) is 0 Å². The Balaban J connectivity index is 0.000000321. The number of rotatable bonds is 13. The average Bonchev–Trinajstić information content (AvgIpc) is 2.78. The molecule has 0 saturated carbocycles. The molecule has 0 aliphatic rings. The number of nitrogens with zero attached hydrogens (tertiary/aromatic N) is 1. The molecule has 1 N–H and O–H groups in total. The summed E-state index contributed by atoms with van der Waals surface area (Å²) in [5.41, 5.74) is 0. The maximum atomic E-state index is 10.9. The first kappa shape index (κ1) is 28.4. The summed E-state index contributed by atoms with van der Waals surface area (Å²) < 4.78 is 34.2. The van der Waals surface area contributed by atoms with E-state index in [0.717, 1.165) is 6.07 Å². The zero-order valence-electron chi connectivity index (χ0n) is 20.5. The van der Waals surface area contributed by atoms with E-state index in [2.05, 4.69) is 27.7 Å². The van der Waals surface area contributed by atoms with Gasteiger partial charge in [0, 0.05) is 10.8 Å². The Bertz CT molecular complexity index is 858. The van der Waals surface area contributed by atoms with Crippen LogP contribution >= 0.6 is 0 Å². The topological polar surface area (TPSA) is 77.4 Å². The van der Waals surface area contributed by atoms with Gasteiger partial charge in [-0.3, -0.25) is 0 Å². The molecular weight excluding hydrogens is 422 g/mol. The number of unbranched alkanes of at least 4 members (excludes halogenated alkanes) is 4. The van der Waals surface area contributed by atoms with Crippen molar-refractivity contribution in [2.75, 3.05) is 26.2 Å². The van der Waals surface area contributed by atoms with E-state index in [1.165, 1.54) is 94.2 Å². The molecule has 0 heterocycles. The van der Waals surface area contributed by atoms with Gasteiger partial charge in [-0.05, 0) is 37.8 Å². The fraction of sp³-hybridized carbons (Fsp3) is 0.615. The van der Waals surface area contributed by atoms with E-state index in [-0.39, 0.29) is 16.0 Å². The van der Waals surface area contributed by atoms with Crippen LogP contribution < -0.4 is 0 Å². The fourth-order valence-corrected chi connectivity index (χ4v) is 4.80. The van der Waals surface area contributed by atoms with Gasteiger partial charge < -0.3 is 14.1 Å². The van der Waals surface area contributed by atoms with E-state index < -0.39 is 10.1 Å². The monoisotopic (exact) mass is 465 g/mol. The third-order valence-corrected chi connectivity index (χ3v) is 6.97. The highest BCUT2D eigenvalue weighted by Crippen LogP contribution is 2.29. The van der Waals surface area contributed by atoms with Crippen molar-refractivity contribution in [1.29, 1.82) is 0 Å². The molecule has 0 spiro atoms. The van der Waals surface area contributed by atoms with Crippen LogP contribution in [0.2, 0.25) is 0 Å². The minimum Gasteiger partial charge on any atom is -0.744 e. The highest BCUT2D eigenvalue weighted by molar-refractivity contribution is 7.86. The van der Waals surface area contributed by atoms with Crippen LogP contribution in [-0.2, 0) is 10.1 Å². The van der Waals surface area contributed by atoms with Crippen molar-refractivity contribution in [2.45, 2.75) is 84.0 Å². The molecule has 5 nitrogen and oxygen atoms in total. The standard InChI is InChI=1S/C16H36N.C10H8O4S/c1-5-9-13-17(14-10-6-2,15-11-7-3)16-12-8-4;11-9-5-6-10(15(12,13)14)8-4-2-1-3-7(8)9/h5-16H2,1-4H3;1-6,11H,(H,12,13,14)/q+1;/p-1. The second kappa shape index (κ2) is 14.5. The van der Waals surface area contributed by atoms with E-state index in [9.17, 15) is 18.1 Å². The van der Waals surface area contributed by atoms with Gasteiger partial charge in [-0.15, -0.1) is 0 Å². The van der Waals surface area contributed by atoms with Crippen LogP contribution in [-0.4, -0.2) is 48.7 Å². The summed E-state index contributed by atoms with van der Waals surface area (Å²) in [7, 11) is -4.51. The predicted octanol–water partition coefficient (Wildman–Crippen LogP) is 6.45. The minimum atomic E-state index is -4.51. The molecule has 0 amide bonds. The summed E-state index contributed by atoms with van der Waals surface area (Å²) >= 11 is 0. The van der Waals surface area contributed by atoms with E-state index in [4.69, 9.17) is 0 Å². The molecule has 0 unspecified atom stereocenters. The van der Waals surface area contributed by atoms with Crippen molar-refractivity contribution in [2.24, 2.45) is 0 Å². The normalized spacial score (nSPS) is 11.9. The molecule has 2 aromatic carbocycles. The van der Waals surface area contributed by atoms with Gasteiger partial charge in [0.25, 0.3) is 0 Å². The second-order valence-corrected chi connectivity index (χ2v) is 10.1. The van der Waals surface area contributed by atoms with Crippen molar-refractivity contribution < 1.29 is 22.6 Å². The quantitative estimate of drug-likeness (QED) is 0.272. The summed E-state index contributed by atoms with van der Waals surface area (Å²) in [4.78, 5) is -0.309. The number of quaternary nitrogens is 1. The van der Waals surface area contributed by atoms with Crippen LogP contribution in [0, 0.1) is 0 Å². The van der Waals surface area contributed by atoms with Crippen molar-refractivity contribution >= 4 is 20.9 Å². The SMILES string of the molecule is CCCC[N+](CCCC)(CCCC)CCCC.O=S(=O)([O-])c1ccc(O)c2ccccc12. The molecule has 0 atom stereocenters. The van der Waals surface area contributed by atoms with Crippen molar-refractivity contribution in [3.05, 3.63) is 36.4 Å². The predicted molar refractivity (Wildman–Crippen MR) is 133 cm³/mol. The van der Waals surface area contributed by atoms with E-state index in [0.29, 0.717) is 5.39 Å². The van der Waals surface area contributed by atoms with Crippen molar-refractivity contribution in [3.63, 3.8) is 0 Å². The van der Waals surface area contributed by atoms with E-state index in [1.54, 1.807) is 18.2 Å². The minimum absolute atomic E-state index is 0.0435. The van der Waals surface area contributed by atoms with Gasteiger partial charge in [-0.25, -0.2) is 8.42 Å². The van der Waals surface area contributed by atoms with Crippen LogP contribution in [0.4, 0.5) is 0 Å². The first-order chi connectivity index (χ1) is 15.2. The van der Waals surface area contributed by atoms with Gasteiger partial charge in [0.05, 0.1) is 31.1 Å². The molecule has 0 aromatic heterocycles. The van der Waals surface area contributed by atoms with E-state index >= 15 is 0 Å². The van der Waals surface area contributed by atoms with Crippen LogP contribution in [0.3, 0.4) is 0 Å². The molecule has 0 saturated heterocycles. The van der Waals surface area contributed by atoms with Crippen LogP contribution in [0.5, 0.6) is 5.75 Å². The number of aromatic hydroxyl groups is 1. The summed E-state index contributed by atoms with van der Waals surface area (Å²) in [5.74, 6) is -0.0435. The lowest BCUT2D eigenvalue weighted by molar-refractivity contribution is -0.929. The lowest BCUT2D eigenvalue weighted by atomic mass is 10.1. The third kappa shape index (κ3) is 9.08. The Morgan fingerprint density at radius 1 is 0.719 bits per heavy atom. The molecule has 0 bridgehead atoms. The number of fused-ring (bicyclic) bond motifs is 1. The summed E-state index contributed by atoms with van der Waals surface area (Å²) in [5, 5.41) is 10.1. The Morgan fingerprint density at radius 3 is 1.50 bits per heavy atom. The molecule has 0 aliphatic carbocycles. The first-order valence-electron chi connectivity index (χ1n) is 12.3. The largest absolute Gasteiger partial charge is 0.744 e. The zero-order chi connectivity index (χ0) is 24.0. The smallest absolute Gasteiger partial charge is 0.125 e. The Kier molecular flexibility index (Phi) is 12.9. The average molecular weight is 466 g/mol. The maximum Gasteiger partial charge on any atom is 0.125 e. The van der Waals surface area contributed by atoms with Crippen LogP contribution in [0.25, 0.3) is 10.8 Å². The highest BCUT2D eigenvalue weighted by Gasteiger charge is 2.24. The second-order valence-electron chi connectivity index (χ2n) is 8.73. The van der Waals surface area contributed by atoms with E-state index in [1.807, 2.05) is 0 Å². The van der Waals surface area contributed by atoms with Crippen molar-refractivity contribution in [1.82, 2.24) is 0 Å². The number of benzene rings is 2. The van der Waals surface area contributed by atoms with Crippen LogP contribution in [0.1, 0.15) is 79.1 Å². The number of phenolic OH excluding ortho intramolecular Hbond substituents is 1. The maximum absolute atomic E-state index is 10.9. The molecule has 0 aliphatic heterocycles. The Hall–Kier alpha value is -1.63. The van der Waals surface area contributed by atoms with Crippen LogP contribution in [0.15, 0.2) is 41.3 Å². The molecule has 0 radical (unpaired) electrons. The van der Waals surface area contributed by atoms with Gasteiger partial charge in [0.1, 0.15) is 15.9 Å². The Labute approximate surface area is 195 Å². The third-order valence-electron chi connectivity index (χ3n) is 6.07. The highest BCUT2D eigenvalue weighted by atomic mass is 32.2. The lowest BCUT2D eigenvalue weighted by Crippen LogP contribution is -2.50. The zero-order valence-corrected chi connectivity index (χ0v) is 21.3. The van der Waals surface area contributed by atoms with Gasteiger partial charge in [0.15, 0.2) is 0 Å².